The van der Waals surface area contributed by atoms with E-state index in [4.69, 9.17) is 11.6 Å². The van der Waals surface area contributed by atoms with Gasteiger partial charge in [0.2, 0.25) is 5.28 Å². The summed E-state index contributed by atoms with van der Waals surface area (Å²) in [6.07, 6.45) is 5.16. The van der Waals surface area contributed by atoms with Crippen molar-refractivity contribution in [2.24, 2.45) is 0 Å². The molecule has 4 aromatic rings. The Hall–Kier alpha value is -2.92. The Balaban J connectivity index is 1.86. The van der Waals surface area contributed by atoms with E-state index in [1.165, 1.54) is 0 Å². The highest BCUT2D eigenvalue weighted by Gasteiger charge is 2.10. The second kappa shape index (κ2) is 5.70. The van der Waals surface area contributed by atoms with E-state index in [1.54, 1.807) is 18.6 Å². The summed E-state index contributed by atoms with van der Waals surface area (Å²) in [7, 11) is 0. The third-order valence-electron chi connectivity index (χ3n) is 3.39. The molecule has 0 atom stereocenters. The SMILES string of the molecule is Clc1nc(-c2cccnc2)nc(-c2ccc3ncccc3c2)n1. The van der Waals surface area contributed by atoms with Crippen LogP contribution in [0.2, 0.25) is 5.28 Å². The minimum atomic E-state index is 0.153. The largest absolute Gasteiger partial charge is 0.264 e. The average Bonchev–Trinajstić information content (AvgIpc) is 2.61. The third kappa shape index (κ3) is 2.74. The van der Waals surface area contributed by atoms with Gasteiger partial charge in [-0.1, -0.05) is 6.07 Å². The predicted molar refractivity (Wildman–Crippen MR) is 88.8 cm³/mol. The molecule has 6 heteroatoms. The van der Waals surface area contributed by atoms with Crippen LogP contribution in [0.1, 0.15) is 0 Å². The van der Waals surface area contributed by atoms with Gasteiger partial charge in [0.1, 0.15) is 0 Å². The van der Waals surface area contributed by atoms with Gasteiger partial charge in [0.15, 0.2) is 11.6 Å². The molecule has 1 aromatic carbocycles. The molecule has 4 rings (SSSR count). The minimum Gasteiger partial charge on any atom is -0.264 e. The molecule has 3 aromatic heterocycles. The van der Waals surface area contributed by atoms with E-state index in [2.05, 4.69) is 24.9 Å². The van der Waals surface area contributed by atoms with Crippen LogP contribution in [-0.2, 0) is 0 Å². The third-order valence-corrected chi connectivity index (χ3v) is 3.56. The lowest BCUT2D eigenvalue weighted by atomic mass is 10.1. The maximum absolute atomic E-state index is 6.07. The van der Waals surface area contributed by atoms with Crippen molar-refractivity contribution < 1.29 is 0 Å². The van der Waals surface area contributed by atoms with Gasteiger partial charge < -0.3 is 0 Å². The van der Waals surface area contributed by atoms with Crippen molar-refractivity contribution in [3.8, 4) is 22.8 Å². The fraction of sp³-hybridized carbons (Fsp3) is 0. The highest BCUT2D eigenvalue weighted by Crippen LogP contribution is 2.23. The van der Waals surface area contributed by atoms with Crippen molar-refractivity contribution in [3.05, 3.63) is 66.3 Å². The van der Waals surface area contributed by atoms with E-state index in [-0.39, 0.29) is 5.28 Å². The van der Waals surface area contributed by atoms with Crippen LogP contribution in [0, 0.1) is 0 Å². The van der Waals surface area contributed by atoms with Crippen molar-refractivity contribution in [3.63, 3.8) is 0 Å². The van der Waals surface area contributed by atoms with Gasteiger partial charge in [0, 0.05) is 35.1 Å². The second-order valence-electron chi connectivity index (χ2n) is 4.90. The van der Waals surface area contributed by atoms with Crippen molar-refractivity contribution in [1.82, 2.24) is 24.9 Å². The quantitative estimate of drug-likeness (QED) is 0.562. The van der Waals surface area contributed by atoms with Crippen LogP contribution >= 0.6 is 11.6 Å². The zero-order valence-corrected chi connectivity index (χ0v) is 12.6. The number of hydrogen-bond acceptors (Lipinski definition) is 5. The summed E-state index contributed by atoms with van der Waals surface area (Å²) in [5.41, 5.74) is 2.57. The molecular weight excluding hydrogens is 310 g/mol. The molecule has 0 saturated heterocycles. The molecule has 0 amide bonds. The lowest BCUT2D eigenvalue weighted by Crippen LogP contribution is -1.97. The summed E-state index contributed by atoms with van der Waals surface area (Å²) in [5.74, 6) is 1.02. The Kier molecular flexibility index (Phi) is 3.40. The maximum atomic E-state index is 6.07. The molecule has 3 heterocycles. The molecule has 0 radical (unpaired) electrons. The molecule has 23 heavy (non-hydrogen) atoms. The Morgan fingerprint density at radius 2 is 1.61 bits per heavy atom. The standard InChI is InChI=1S/C17H10ClN5/c18-17-22-15(21-16(23-17)13-4-1-7-19-10-13)12-5-6-14-11(9-12)3-2-8-20-14/h1-10H. The van der Waals surface area contributed by atoms with Gasteiger partial charge in [-0.2, -0.15) is 9.97 Å². The van der Waals surface area contributed by atoms with Gasteiger partial charge in [-0.15, -0.1) is 0 Å². The minimum absolute atomic E-state index is 0.153. The highest BCUT2D eigenvalue weighted by molar-refractivity contribution is 6.28. The van der Waals surface area contributed by atoms with E-state index < -0.39 is 0 Å². The molecule has 0 N–H and O–H groups in total. The monoisotopic (exact) mass is 319 g/mol. The molecule has 5 nitrogen and oxygen atoms in total. The van der Waals surface area contributed by atoms with Gasteiger partial charge in [0.25, 0.3) is 0 Å². The van der Waals surface area contributed by atoms with E-state index in [9.17, 15) is 0 Å². The van der Waals surface area contributed by atoms with Crippen molar-refractivity contribution >= 4 is 22.5 Å². The molecule has 0 unspecified atom stereocenters. The van der Waals surface area contributed by atoms with E-state index in [0.29, 0.717) is 11.6 Å². The first kappa shape index (κ1) is 13.7. The van der Waals surface area contributed by atoms with Gasteiger partial charge in [-0.05, 0) is 48.0 Å². The maximum Gasteiger partial charge on any atom is 0.226 e. The van der Waals surface area contributed by atoms with Crippen LogP contribution in [-0.4, -0.2) is 24.9 Å². The van der Waals surface area contributed by atoms with E-state index >= 15 is 0 Å². The van der Waals surface area contributed by atoms with Crippen LogP contribution in [0.4, 0.5) is 0 Å². The van der Waals surface area contributed by atoms with E-state index in [0.717, 1.165) is 22.0 Å². The van der Waals surface area contributed by atoms with Crippen LogP contribution in [0.5, 0.6) is 0 Å². The normalized spacial score (nSPS) is 10.8. The summed E-state index contributed by atoms with van der Waals surface area (Å²) in [5, 5.41) is 1.17. The zero-order chi connectivity index (χ0) is 15.6. The first-order valence-corrected chi connectivity index (χ1v) is 7.34. The number of halogens is 1. The topological polar surface area (TPSA) is 64.5 Å². The zero-order valence-electron chi connectivity index (χ0n) is 11.9. The van der Waals surface area contributed by atoms with Crippen LogP contribution in [0.3, 0.4) is 0 Å². The highest BCUT2D eigenvalue weighted by atomic mass is 35.5. The summed E-state index contributed by atoms with van der Waals surface area (Å²) >= 11 is 6.07. The Bertz CT molecular complexity index is 988. The molecule has 0 aliphatic heterocycles. The summed E-state index contributed by atoms with van der Waals surface area (Å²) in [6.45, 7) is 0. The molecule has 0 spiro atoms. The molecule has 0 saturated carbocycles. The van der Waals surface area contributed by atoms with Crippen molar-refractivity contribution in [2.45, 2.75) is 0 Å². The van der Waals surface area contributed by atoms with Crippen molar-refractivity contribution in [1.29, 1.82) is 0 Å². The number of aromatic nitrogens is 5. The first-order valence-electron chi connectivity index (χ1n) is 6.97. The van der Waals surface area contributed by atoms with Gasteiger partial charge in [-0.25, -0.2) is 4.98 Å². The average molecular weight is 320 g/mol. The summed E-state index contributed by atoms with van der Waals surface area (Å²) < 4.78 is 0. The second-order valence-corrected chi connectivity index (χ2v) is 5.24. The molecule has 0 aliphatic carbocycles. The summed E-state index contributed by atoms with van der Waals surface area (Å²) in [6, 6.07) is 13.5. The van der Waals surface area contributed by atoms with Crippen LogP contribution in [0.15, 0.2) is 61.1 Å². The molecular formula is C17H10ClN5. The molecule has 110 valence electrons. The summed E-state index contributed by atoms with van der Waals surface area (Å²) in [4.78, 5) is 21.3. The number of benzene rings is 1. The lowest BCUT2D eigenvalue weighted by Gasteiger charge is -2.05. The molecule has 0 bridgehead atoms. The first-order chi connectivity index (χ1) is 11.3. The lowest BCUT2D eigenvalue weighted by molar-refractivity contribution is 1.06. The molecule has 0 fully saturated rings. The number of fused-ring (bicyclic) bond motifs is 1. The Labute approximate surface area is 137 Å². The molecule has 0 aliphatic rings. The van der Waals surface area contributed by atoms with Gasteiger partial charge in [-0.3, -0.25) is 9.97 Å². The van der Waals surface area contributed by atoms with Crippen LogP contribution < -0.4 is 0 Å². The Morgan fingerprint density at radius 3 is 2.43 bits per heavy atom. The Morgan fingerprint density at radius 1 is 0.783 bits per heavy atom. The van der Waals surface area contributed by atoms with Crippen LogP contribution in [0.25, 0.3) is 33.7 Å². The smallest absolute Gasteiger partial charge is 0.226 e. The number of hydrogen-bond donors (Lipinski definition) is 0. The van der Waals surface area contributed by atoms with E-state index in [1.807, 2.05) is 42.5 Å². The van der Waals surface area contributed by atoms with Gasteiger partial charge in [0.05, 0.1) is 5.52 Å². The number of nitrogens with zero attached hydrogens (tertiary/aromatic N) is 5. The van der Waals surface area contributed by atoms with Crippen molar-refractivity contribution in [2.75, 3.05) is 0 Å². The fourth-order valence-electron chi connectivity index (χ4n) is 2.32. The predicted octanol–water partition coefficient (Wildman–Crippen LogP) is 3.80. The number of pyridine rings is 2. The fourth-order valence-corrected chi connectivity index (χ4v) is 2.48. The van der Waals surface area contributed by atoms with Gasteiger partial charge >= 0.3 is 0 Å². The number of rotatable bonds is 2.